The maximum atomic E-state index is 11.1. The van der Waals surface area contributed by atoms with E-state index < -0.39 is 5.97 Å². The molecule has 0 aromatic carbocycles. The lowest BCUT2D eigenvalue weighted by Crippen LogP contribution is -2.07. The first-order chi connectivity index (χ1) is 13.1. The molecule has 1 atom stereocenters. The van der Waals surface area contributed by atoms with Crippen molar-refractivity contribution >= 4 is 11.8 Å². The molecule has 144 valence electrons. The molecule has 1 aliphatic heterocycles. The van der Waals surface area contributed by atoms with Crippen LogP contribution in [0.2, 0.25) is 0 Å². The quantitative estimate of drug-likeness (QED) is 0.618. The Kier molecular flexibility index (Phi) is 6.74. The summed E-state index contributed by atoms with van der Waals surface area (Å²) in [7, 11) is 0. The number of aliphatic carboxylic acids is 1. The molecule has 6 heteroatoms. The molecule has 2 aromatic heterocycles. The summed E-state index contributed by atoms with van der Waals surface area (Å²) in [6.07, 6.45) is 12.4. The van der Waals surface area contributed by atoms with Crippen molar-refractivity contribution in [3.05, 3.63) is 47.2 Å². The molecule has 2 N–H and O–H groups in total. The fourth-order valence-corrected chi connectivity index (χ4v) is 3.78. The van der Waals surface area contributed by atoms with Gasteiger partial charge in [-0.15, -0.1) is 0 Å². The Morgan fingerprint density at radius 2 is 2.00 bits per heavy atom. The Balaban J connectivity index is 1.41. The topological polar surface area (TPSA) is 88.0 Å². The number of unbranched alkanes of at least 4 members (excludes halogenated alkanes) is 3. The lowest BCUT2D eigenvalue weighted by molar-refractivity contribution is -0.137. The molecule has 27 heavy (non-hydrogen) atoms. The molecular weight excluding hydrogens is 340 g/mol. The van der Waals surface area contributed by atoms with Crippen molar-refractivity contribution in [1.82, 2.24) is 15.0 Å². The van der Waals surface area contributed by atoms with Crippen molar-refractivity contribution in [1.29, 1.82) is 0 Å². The van der Waals surface area contributed by atoms with E-state index in [0.29, 0.717) is 0 Å². The SMILES string of the molecule is Cc1cc2c(nc1CCCCCCC(CC(=O)O)c1cncnc1)NCC2. The lowest BCUT2D eigenvalue weighted by Gasteiger charge is -2.14. The van der Waals surface area contributed by atoms with Gasteiger partial charge >= 0.3 is 5.97 Å². The van der Waals surface area contributed by atoms with Crippen molar-refractivity contribution in [2.45, 2.75) is 64.2 Å². The molecule has 3 heterocycles. The van der Waals surface area contributed by atoms with E-state index in [2.05, 4.69) is 28.3 Å². The second-order valence-electron chi connectivity index (χ2n) is 7.36. The Bertz CT molecular complexity index is 764. The summed E-state index contributed by atoms with van der Waals surface area (Å²) in [4.78, 5) is 24.0. The number of hydrogen-bond acceptors (Lipinski definition) is 5. The van der Waals surface area contributed by atoms with E-state index in [4.69, 9.17) is 10.1 Å². The van der Waals surface area contributed by atoms with Crippen LogP contribution in [-0.2, 0) is 17.6 Å². The third-order valence-electron chi connectivity index (χ3n) is 5.27. The average molecular weight is 368 g/mol. The number of pyridine rings is 1. The molecule has 6 nitrogen and oxygen atoms in total. The number of nitrogens with one attached hydrogen (secondary N) is 1. The first-order valence-electron chi connectivity index (χ1n) is 9.83. The summed E-state index contributed by atoms with van der Waals surface area (Å²) in [6, 6.07) is 2.27. The minimum atomic E-state index is -0.768. The van der Waals surface area contributed by atoms with Crippen LogP contribution in [0.4, 0.5) is 5.82 Å². The first-order valence-corrected chi connectivity index (χ1v) is 9.83. The van der Waals surface area contributed by atoms with Gasteiger partial charge in [-0.25, -0.2) is 15.0 Å². The predicted octanol–water partition coefficient (Wildman–Crippen LogP) is 3.90. The van der Waals surface area contributed by atoms with Crippen LogP contribution in [0.5, 0.6) is 0 Å². The highest BCUT2D eigenvalue weighted by Crippen LogP contribution is 2.26. The van der Waals surface area contributed by atoms with Gasteiger partial charge in [0.05, 0.1) is 6.42 Å². The standard InChI is InChI=1S/C21H28N4O2/c1-15-10-17-8-9-24-21(17)25-19(15)7-5-3-2-4-6-16(11-20(26)27)18-12-22-14-23-13-18/h10,12-14,16H,2-9,11H2,1H3,(H,24,25)(H,26,27). The molecule has 0 saturated carbocycles. The van der Waals surface area contributed by atoms with E-state index in [1.54, 1.807) is 12.4 Å². The Hall–Kier alpha value is -2.50. The maximum Gasteiger partial charge on any atom is 0.303 e. The van der Waals surface area contributed by atoms with Gasteiger partial charge in [-0.2, -0.15) is 0 Å². The molecule has 1 unspecified atom stereocenters. The van der Waals surface area contributed by atoms with Crippen LogP contribution in [0.25, 0.3) is 0 Å². The summed E-state index contributed by atoms with van der Waals surface area (Å²) < 4.78 is 0. The lowest BCUT2D eigenvalue weighted by atomic mass is 9.92. The third kappa shape index (κ3) is 5.49. The van der Waals surface area contributed by atoms with Gasteiger partial charge in [0, 0.05) is 24.6 Å². The molecule has 3 rings (SSSR count). The highest BCUT2D eigenvalue weighted by Gasteiger charge is 2.16. The largest absolute Gasteiger partial charge is 0.481 e. The minimum Gasteiger partial charge on any atom is -0.481 e. The molecule has 0 spiro atoms. The fourth-order valence-electron chi connectivity index (χ4n) is 3.78. The molecular formula is C21H28N4O2. The van der Waals surface area contributed by atoms with Gasteiger partial charge in [-0.3, -0.25) is 4.79 Å². The maximum absolute atomic E-state index is 11.1. The summed E-state index contributed by atoms with van der Waals surface area (Å²) >= 11 is 0. The van der Waals surface area contributed by atoms with Gasteiger partial charge in [0.25, 0.3) is 0 Å². The van der Waals surface area contributed by atoms with Crippen LogP contribution in [0.3, 0.4) is 0 Å². The third-order valence-corrected chi connectivity index (χ3v) is 5.27. The van der Waals surface area contributed by atoms with E-state index in [1.807, 2.05) is 0 Å². The molecule has 1 aliphatic rings. The number of fused-ring (bicyclic) bond motifs is 1. The van der Waals surface area contributed by atoms with Gasteiger partial charge in [0.1, 0.15) is 12.1 Å². The molecule has 0 fully saturated rings. The van der Waals surface area contributed by atoms with Gasteiger partial charge in [0.2, 0.25) is 0 Å². The van der Waals surface area contributed by atoms with Crippen molar-refractivity contribution < 1.29 is 9.90 Å². The van der Waals surface area contributed by atoms with Crippen LogP contribution >= 0.6 is 0 Å². The zero-order valence-corrected chi connectivity index (χ0v) is 15.9. The van der Waals surface area contributed by atoms with Gasteiger partial charge in [0.15, 0.2) is 0 Å². The highest BCUT2D eigenvalue weighted by molar-refractivity contribution is 5.68. The number of rotatable bonds is 10. The molecule has 0 amide bonds. The number of anilines is 1. The van der Waals surface area contributed by atoms with E-state index >= 15 is 0 Å². The van der Waals surface area contributed by atoms with Crippen LogP contribution in [0.1, 0.15) is 66.8 Å². The predicted molar refractivity (Wildman–Crippen MR) is 105 cm³/mol. The summed E-state index contributed by atoms with van der Waals surface area (Å²) in [5.74, 6) is 0.295. The average Bonchev–Trinajstić information content (AvgIpc) is 3.11. The van der Waals surface area contributed by atoms with E-state index in [0.717, 1.165) is 62.9 Å². The van der Waals surface area contributed by atoms with Crippen molar-refractivity contribution in [3.63, 3.8) is 0 Å². The van der Waals surface area contributed by atoms with Crippen LogP contribution < -0.4 is 5.32 Å². The Labute approximate surface area is 160 Å². The van der Waals surface area contributed by atoms with Gasteiger partial charge < -0.3 is 10.4 Å². The number of carbonyl (C=O) groups is 1. The van der Waals surface area contributed by atoms with E-state index in [1.165, 1.54) is 23.1 Å². The summed E-state index contributed by atoms with van der Waals surface area (Å²) in [5.41, 5.74) is 4.76. The number of carboxylic acids is 1. The monoisotopic (exact) mass is 368 g/mol. The number of carboxylic acid groups (broad SMARTS) is 1. The Morgan fingerprint density at radius 1 is 1.22 bits per heavy atom. The van der Waals surface area contributed by atoms with Gasteiger partial charge in [-0.1, -0.05) is 25.3 Å². The zero-order valence-electron chi connectivity index (χ0n) is 15.9. The smallest absolute Gasteiger partial charge is 0.303 e. The van der Waals surface area contributed by atoms with Crippen LogP contribution in [0, 0.1) is 6.92 Å². The second-order valence-corrected chi connectivity index (χ2v) is 7.36. The normalized spacial score (nSPS) is 13.8. The van der Waals surface area contributed by atoms with Gasteiger partial charge in [-0.05, 0) is 55.2 Å². The van der Waals surface area contributed by atoms with Crippen molar-refractivity contribution in [3.8, 4) is 0 Å². The Morgan fingerprint density at radius 3 is 2.78 bits per heavy atom. The molecule has 2 aromatic rings. The summed E-state index contributed by atoms with van der Waals surface area (Å²) in [6.45, 7) is 3.15. The van der Waals surface area contributed by atoms with Crippen LogP contribution in [0.15, 0.2) is 24.8 Å². The number of aryl methyl sites for hydroxylation is 2. The van der Waals surface area contributed by atoms with Crippen molar-refractivity contribution in [2.24, 2.45) is 0 Å². The van der Waals surface area contributed by atoms with E-state index in [9.17, 15) is 4.79 Å². The first kappa shape index (κ1) is 19.3. The fraction of sp³-hybridized carbons (Fsp3) is 0.524. The molecule has 0 radical (unpaired) electrons. The molecule has 0 saturated heterocycles. The van der Waals surface area contributed by atoms with E-state index in [-0.39, 0.29) is 12.3 Å². The highest BCUT2D eigenvalue weighted by atomic mass is 16.4. The zero-order chi connectivity index (χ0) is 19.1. The van der Waals surface area contributed by atoms with Crippen molar-refractivity contribution in [2.75, 3.05) is 11.9 Å². The number of nitrogens with zero attached hydrogens (tertiary/aromatic N) is 3. The number of hydrogen-bond donors (Lipinski definition) is 2. The van der Waals surface area contributed by atoms with Crippen LogP contribution in [-0.4, -0.2) is 32.6 Å². The number of aromatic nitrogens is 3. The summed E-state index contributed by atoms with van der Waals surface area (Å²) in [5, 5.41) is 12.5. The minimum absolute atomic E-state index is 0.00426. The molecule has 0 aliphatic carbocycles. The second kappa shape index (κ2) is 9.44. The molecule has 0 bridgehead atoms.